The number of hydrogen-bond donors (Lipinski definition) is 0. The number of benzene rings is 1. The van der Waals surface area contributed by atoms with Crippen LogP contribution in [0.1, 0.15) is 50.8 Å². The van der Waals surface area contributed by atoms with E-state index in [2.05, 4.69) is 6.07 Å². The zero-order chi connectivity index (χ0) is 18.6. The van der Waals surface area contributed by atoms with Gasteiger partial charge in [-0.3, -0.25) is 4.79 Å². The normalized spacial score (nSPS) is 20.0. The van der Waals surface area contributed by atoms with Gasteiger partial charge >= 0.3 is 12.1 Å². The number of methoxy groups -OCH3 is 1. The second-order valence-corrected chi connectivity index (χ2v) is 7.26. The lowest BCUT2D eigenvalue weighted by Gasteiger charge is -2.28. The van der Waals surface area contributed by atoms with Crippen LogP contribution in [0.2, 0.25) is 0 Å². The summed E-state index contributed by atoms with van der Waals surface area (Å²) in [7, 11) is 1.36. The molecule has 6 nitrogen and oxygen atoms in total. The van der Waals surface area contributed by atoms with Gasteiger partial charge in [-0.25, -0.2) is 4.79 Å². The van der Waals surface area contributed by atoms with Crippen LogP contribution in [0, 0.1) is 17.2 Å². The first-order chi connectivity index (χ1) is 11.7. The summed E-state index contributed by atoms with van der Waals surface area (Å²) in [5, 5.41) is 8.94. The van der Waals surface area contributed by atoms with E-state index in [4.69, 9.17) is 14.7 Å². The molecule has 0 aliphatic carbocycles. The molecule has 0 aromatic heterocycles. The van der Waals surface area contributed by atoms with Crippen LogP contribution < -0.4 is 0 Å². The fraction of sp³-hybridized carbons (Fsp3) is 0.526. The summed E-state index contributed by atoms with van der Waals surface area (Å²) in [5.74, 6) is -0.268. The van der Waals surface area contributed by atoms with E-state index in [-0.39, 0.29) is 24.3 Å². The molecule has 1 heterocycles. The zero-order valence-corrected chi connectivity index (χ0v) is 15.1. The smallest absolute Gasteiger partial charge is 0.410 e. The van der Waals surface area contributed by atoms with E-state index in [0.717, 1.165) is 5.56 Å². The molecule has 0 saturated carbocycles. The molecule has 1 aliphatic heterocycles. The molecule has 6 heteroatoms. The first-order valence-corrected chi connectivity index (χ1v) is 8.30. The molecule has 0 bridgehead atoms. The topological polar surface area (TPSA) is 79.6 Å². The van der Waals surface area contributed by atoms with Gasteiger partial charge in [-0.1, -0.05) is 12.1 Å². The molecule has 25 heavy (non-hydrogen) atoms. The molecule has 0 radical (unpaired) electrons. The second kappa shape index (κ2) is 7.56. The maximum Gasteiger partial charge on any atom is 0.410 e. The number of amides is 1. The molecule has 1 aromatic carbocycles. The lowest BCUT2D eigenvalue weighted by Crippen LogP contribution is -2.37. The average molecular weight is 344 g/mol. The van der Waals surface area contributed by atoms with Crippen LogP contribution in [0.5, 0.6) is 0 Å². The largest absolute Gasteiger partial charge is 0.469 e. The van der Waals surface area contributed by atoms with Crippen LogP contribution in [0.15, 0.2) is 24.3 Å². The van der Waals surface area contributed by atoms with E-state index in [9.17, 15) is 9.59 Å². The standard InChI is InChI=1S/C19H24N2O4/c1-19(2,3)25-18(23)21-12-14(10-17(22)24-4)9-16(21)15-7-5-13(11-20)6-8-15/h5-8,14,16H,9-10,12H2,1-4H3/t14-,16-/m0/s1. The summed E-state index contributed by atoms with van der Waals surface area (Å²) in [4.78, 5) is 25.9. The van der Waals surface area contributed by atoms with Gasteiger partial charge in [-0.2, -0.15) is 5.26 Å². The van der Waals surface area contributed by atoms with Gasteiger partial charge in [0.25, 0.3) is 0 Å². The molecule has 1 aliphatic rings. The summed E-state index contributed by atoms with van der Waals surface area (Å²) < 4.78 is 10.3. The van der Waals surface area contributed by atoms with Crippen LogP contribution in [-0.4, -0.2) is 36.2 Å². The van der Waals surface area contributed by atoms with Crippen molar-refractivity contribution in [1.82, 2.24) is 4.90 Å². The molecule has 1 fully saturated rings. The van der Waals surface area contributed by atoms with Crippen molar-refractivity contribution in [3.8, 4) is 6.07 Å². The maximum absolute atomic E-state index is 12.6. The van der Waals surface area contributed by atoms with Crippen LogP contribution >= 0.6 is 0 Å². The summed E-state index contributed by atoms with van der Waals surface area (Å²) in [6, 6.07) is 9.06. The Morgan fingerprint density at radius 3 is 2.44 bits per heavy atom. The summed E-state index contributed by atoms with van der Waals surface area (Å²) >= 11 is 0. The van der Waals surface area contributed by atoms with Crippen LogP contribution in [-0.2, 0) is 14.3 Å². The molecule has 1 aromatic rings. The molecular formula is C19H24N2O4. The molecule has 0 unspecified atom stereocenters. The first-order valence-electron chi connectivity index (χ1n) is 8.30. The number of carbonyl (C=O) groups is 2. The second-order valence-electron chi connectivity index (χ2n) is 7.26. The van der Waals surface area contributed by atoms with Gasteiger partial charge in [0.2, 0.25) is 0 Å². The van der Waals surface area contributed by atoms with Crippen LogP contribution in [0.25, 0.3) is 0 Å². The van der Waals surface area contributed by atoms with Gasteiger partial charge in [-0.05, 0) is 50.8 Å². The highest BCUT2D eigenvalue weighted by atomic mass is 16.6. The SMILES string of the molecule is COC(=O)C[C@@H]1C[C@@H](c2ccc(C#N)cc2)N(C(=O)OC(C)(C)C)C1. The van der Waals surface area contributed by atoms with Crippen molar-refractivity contribution in [2.75, 3.05) is 13.7 Å². The molecule has 2 atom stereocenters. The minimum Gasteiger partial charge on any atom is -0.469 e. The minimum absolute atomic E-state index is 0.0145. The fourth-order valence-corrected chi connectivity index (χ4v) is 3.01. The highest BCUT2D eigenvalue weighted by molar-refractivity contribution is 5.71. The van der Waals surface area contributed by atoms with E-state index >= 15 is 0 Å². The Balaban J connectivity index is 2.23. The third kappa shape index (κ3) is 4.96. The Bertz CT molecular complexity index is 670. The van der Waals surface area contributed by atoms with Crippen LogP contribution in [0.3, 0.4) is 0 Å². The van der Waals surface area contributed by atoms with E-state index in [1.54, 1.807) is 17.0 Å². The van der Waals surface area contributed by atoms with E-state index in [1.165, 1.54) is 7.11 Å². The molecule has 2 rings (SSSR count). The van der Waals surface area contributed by atoms with Gasteiger partial charge in [0.1, 0.15) is 5.60 Å². The predicted molar refractivity (Wildman–Crippen MR) is 91.6 cm³/mol. The van der Waals surface area contributed by atoms with E-state index in [0.29, 0.717) is 18.5 Å². The molecular weight excluding hydrogens is 320 g/mol. The van der Waals surface area contributed by atoms with Gasteiger partial charge in [0.05, 0.1) is 31.2 Å². The number of ether oxygens (including phenoxy) is 2. The van der Waals surface area contributed by atoms with Crippen molar-refractivity contribution in [3.05, 3.63) is 35.4 Å². The van der Waals surface area contributed by atoms with Crippen molar-refractivity contribution in [1.29, 1.82) is 5.26 Å². The molecule has 0 spiro atoms. The number of nitriles is 1. The number of rotatable bonds is 3. The van der Waals surface area contributed by atoms with Crippen molar-refractivity contribution >= 4 is 12.1 Å². The zero-order valence-electron chi connectivity index (χ0n) is 15.1. The molecule has 1 saturated heterocycles. The lowest BCUT2D eigenvalue weighted by atomic mass is 9.97. The summed E-state index contributed by atoms with van der Waals surface area (Å²) in [6.45, 7) is 5.91. The average Bonchev–Trinajstić information content (AvgIpc) is 2.97. The fourth-order valence-electron chi connectivity index (χ4n) is 3.01. The van der Waals surface area contributed by atoms with Gasteiger partial charge in [0.15, 0.2) is 0 Å². The number of hydrogen-bond acceptors (Lipinski definition) is 5. The van der Waals surface area contributed by atoms with Gasteiger partial charge in [0, 0.05) is 6.54 Å². The third-order valence-corrected chi connectivity index (χ3v) is 4.12. The first kappa shape index (κ1) is 18.8. The van der Waals surface area contributed by atoms with Gasteiger partial charge in [-0.15, -0.1) is 0 Å². The Labute approximate surface area is 148 Å². The number of nitrogens with zero attached hydrogens (tertiary/aromatic N) is 2. The van der Waals surface area contributed by atoms with Gasteiger partial charge < -0.3 is 14.4 Å². The highest BCUT2D eigenvalue weighted by Crippen LogP contribution is 2.38. The molecule has 134 valence electrons. The Morgan fingerprint density at radius 2 is 1.92 bits per heavy atom. The number of esters is 1. The quantitative estimate of drug-likeness (QED) is 0.785. The molecule has 1 amide bonds. The lowest BCUT2D eigenvalue weighted by molar-refractivity contribution is -0.141. The minimum atomic E-state index is -0.591. The van der Waals surface area contributed by atoms with Crippen molar-refractivity contribution in [3.63, 3.8) is 0 Å². The predicted octanol–water partition coefficient (Wildman–Crippen LogP) is 3.42. The summed E-state index contributed by atoms with van der Waals surface area (Å²) in [6.07, 6.45) is 0.525. The molecule has 0 N–H and O–H groups in total. The Hall–Kier alpha value is -2.55. The Morgan fingerprint density at radius 1 is 1.28 bits per heavy atom. The third-order valence-electron chi connectivity index (χ3n) is 4.12. The number of carbonyl (C=O) groups excluding carboxylic acids is 2. The monoisotopic (exact) mass is 344 g/mol. The van der Waals surface area contributed by atoms with Crippen molar-refractivity contribution in [2.45, 2.75) is 45.3 Å². The van der Waals surface area contributed by atoms with Crippen molar-refractivity contribution in [2.24, 2.45) is 5.92 Å². The number of likely N-dealkylation sites (tertiary alicyclic amines) is 1. The van der Waals surface area contributed by atoms with E-state index < -0.39 is 11.7 Å². The maximum atomic E-state index is 12.6. The summed E-state index contributed by atoms with van der Waals surface area (Å²) in [5.41, 5.74) is 0.904. The Kier molecular flexibility index (Phi) is 5.68. The highest BCUT2D eigenvalue weighted by Gasteiger charge is 2.39. The van der Waals surface area contributed by atoms with Crippen LogP contribution in [0.4, 0.5) is 4.79 Å². The van der Waals surface area contributed by atoms with Crippen molar-refractivity contribution < 1.29 is 19.1 Å². The van der Waals surface area contributed by atoms with E-state index in [1.807, 2.05) is 32.9 Å².